The predicted molar refractivity (Wildman–Crippen MR) is 92.2 cm³/mol. The molecule has 0 aliphatic heterocycles. The van der Waals surface area contributed by atoms with E-state index in [-0.39, 0.29) is 5.56 Å². The van der Waals surface area contributed by atoms with Gasteiger partial charge in [-0.05, 0) is 25.1 Å². The summed E-state index contributed by atoms with van der Waals surface area (Å²) in [4.78, 5) is 23.3. The molecule has 0 saturated heterocycles. The van der Waals surface area contributed by atoms with Crippen molar-refractivity contribution >= 4 is 11.8 Å². The summed E-state index contributed by atoms with van der Waals surface area (Å²) in [6.07, 6.45) is 1.68. The van der Waals surface area contributed by atoms with E-state index in [0.29, 0.717) is 17.1 Å². The molecule has 0 atom stereocenters. The fourth-order valence-electron chi connectivity index (χ4n) is 2.49. The number of nitrogens with zero attached hydrogens (tertiary/aromatic N) is 3. The molecule has 3 rings (SSSR count). The highest BCUT2D eigenvalue weighted by Crippen LogP contribution is 2.29. The molecule has 2 aromatic heterocycles. The van der Waals surface area contributed by atoms with Crippen LogP contribution in [0.4, 0.5) is 10.6 Å². The van der Waals surface area contributed by atoms with Crippen LogP contribution in [0.5, 0.6) is 0 Å². The summed E-state index contributed by atoms with van der Waals surface area (Å²) in [6.45, 7) is 1.82. The number of nitrogens with two attached hydrogens (primary N) is 1. The Morgan fingerprint density at radius 1 is 1.21 bits per heavy atom. The summed E-state index contributed by atoms with van der Waals surface area (Å²) in [7, 11) is 1.68. The third-order valence-electron chi connectivity index (χ3n) is 3.74. The Hall–Kier alpha value is -3.35. The van der Waals surface area contributed by atoms with Crippen molar-refractivity contribution in [3.8, 4) is 16.9 Å². The maximum Gasteiger partial charge on any atom is 0.317 e. The zero-order chi connectivity index (χ0) is 17.3. The van der Waals surface area contributed by atoms with Crippen LogP contribution in [0.1, 0.15) is 5.56 Å². The van der Waals surface area contributed by atoms with Gasteiger partial charge in [-0.15, -0.1) is 0 Å². The molecule has 0 bridgehead atoms. The first-order valence-electron chi connectivity index (χ1n) is 7.36. The highest BCUT2D eigenvalue weighted by Gasteiger charge is 2.18. The zero-order valence-corrected chi connectivity index (χ0v) is 13.4. The van der Waals surface area contributed by atoms with Crippen LogP contribution in [0.15, 0.2) is 53.5 Å². The molecule has 0 spiro atoms. The normalized spacial score (nSPS) is 10.6. The van der Waals surface area contributed by atoms with E-state index >= 15 is 0 Å². The minimum atomic E-state index is -0.675. The van der Waals surface area contributed by atoms with E-state index in [0.717, 1.165) is 11.3 Å². The van der Waals surface area contributed by atoms with Crippen molar-refractivity contribution < 1.29 is 4.79 Å². The number of carbonyl (C=O) groups is 1. The maximum absolute atomic E-state index is 11.9. The molecular weight excluding hydrogens is 306 g/mol. The van der Waals surface area contributed by atoms with Crippen molar-refractivity contribution in [2.45, 2.75) is 6.92 Å². The van der Waals surface area contributed by atoms with E-state index in [4.69, 9.17) is 5.73 Å². The third kappa shape index (κ3) is 2.79. The van der Waals surface area contributed by atoms with Gasteiger partial charge in [0, 0.05) is 30.4 Å². The number of aryl methyl sites for hydroxylation is 1. The van der Waals surface area contributed by atoms with Crippen LogP contribution >= 0.6 is 0 Å². The Morgan fingerprint density at radius 2 is 1.92 bits per heavy atom. The van der Waals surface area contributed by atoms with Crippen LogP contribution in [0.25, 0.3) is 16.9 Å². The largest absolute Gasteiger partial charge is 0.351 e. The average molecular weight is 323 g/mol. The number of anilines is 1. The van der Waals surface area contributed by atoms with Gasteiger partial charge in [0.15, 0.2) is 0 Å². The van der Waals surface area contributed by atoms with E-state index in [1.165, 1.54) is 10.6 Å². The van der Waals surface area contributed by atoms with Gasteiger partial charge < -0.3 is 10.3 Å². The number of aromatic nitrogens is 3. The van der Waals surface area contributed by atoms with Gasteiger partial charge in [0.2, 0.25) is 0 Å². The van der Waals surface area contributed by atoms with Gasteiger partial charge in [0.25, 0.3) is 5.56 Å². The van der Waals surface area contributed by atoms with E-state index in [2.05, 4.69) is 10.4 Å². The van der Waals surface area contributed by atoms with Crippen LogP contribution in [0.3, 0.4) is 0 Å². The minimum Gasteiger partial charge on any atom is -0.351 e. The number of nitrogens with one attached hydrogen (secondary N) is 1. The van der Waals surface area contributed by atoms with Crippen molar-refractivity contribution in [1.82, 2.24) is 14.3 Å². The van der Waals surface area contributed by atoms with Crippen LogP contribution in [-0.4, -0.2) is 20.4 Å². The van der Waals surface area contributed by atoms with Crippen LogP contribution < -0.4 is 16.6 Å². The lowest BCUT2D eigenvalue weighted by molar-refractivity contribution is 0.259. The molecule has 7 heteroatoms. The van der Waals surface area contributed by atoms with Crippen LogP contribution in [0, 0.1) is 6.92 Å². The predicted octanol–water partition coefficient (Wildman–Crippen LogP) is 2.04. The lowest BCUT2D eigenvalue weighted by atomic mass is 10.1. The standard InChI is InChI=1S/C17H17N5O2/c1-11-15(12-8-9-21(2)14(23)10-12)20-22(16(11)19-17(18)24)13-6-4-3-5-7-13/h3-10H,1-2H3,(H3,18,19,24). The first kappa shape index (κ1) is 15.5. The second-order valence-corrected chi connectivity index (χ2v) is 5.42. The van der Waals surface area contributed by atoms with E-state index in [9.17, 15) is 9.59 Å². The Morgan fingerprint density at radius 3 is 2.54 bits per heavy atom. The molecule has 24 heavy (non-hydrogen) atoms. The summed E-state index contributed by atoms with van der Waals surface area (Å²) in [5, 5.41) is 7.18. The van der Waals surface area contributed by atoms with Gasteiger partial charge in [0.1, 0.15) is 5.82 Å². The van der Waals surface area contributed by atoms with E-state index in [1.807, 2.05) is 37.3 Å². The van der Waals surface area contributed by atoms with E-state index in [1.54, 1.807) is 24.0 Å². The number of amides is 2. The Bertz CT molecular complexity index is 957. The molecule has 2 amide bonds. The number of urea groups is 1. The SMILES string of the molecule is Cc1c(-c2ccn(C)c(=O)c2)nn(-c2ccccc2)c1NC(N)=O. The first-order valence-corrected chi connectivity index (χ1v) is 7.36. The van der Waals surface area contributed by atoms with Crippen molar-refractivity contribution in [2.24, 2.45) is 12.8 Å². The maximum atomic E-state index is 11.9. The summed E-state index contributed by atoms with van der Waals surface area (Å²) >= 11 is 0. The van der Waals surface area contributed by atoms with Crippen molar-refractivity contribution in [3.05, 3.63) is 64.6 Å². The summed E-state index contributed by atoms with van der Waals surface area (Å²) < 4.78 is 3.09. The number of hydrogen-bond acceptors (Lipinski definition) is 3. The summed E-state index contributed by atoms with van der Waals surface area (Å²) in [5.41, 5.74) is 7.95. The Labute approximate surface area is 138 Å². The first-order chi connectivity index (χ1) is 11.5. The molecular formula is C17H17N5O2. The number of benzene rings is 1. The van der Waals surface area contributed by atoms with Crippen LogP contribution in [-0.2, 0) is 7.05 Å². The summed E-state index contributed by atoms with van der Waals surface area (Å²) in [5.74, 6) is 0.476. The fraction of sp³-hybridized carbons (Fsp3) is 0.118. The zero-order valence-electron chi connectivity index (χ0n) is 13.4. The molecule has 0 saturated carbocycles. The third-order valence-corrected chi connectivity index (χ3v) is 3.74. The monoisotopic (exact) mass is 323 g/mol. The fourth-order valence-corrected chi connectivity index (χ4v) is 2.49. The number of primary amides is 1. The summed E-state index contributed by atoms with van der Waals surface area (Å²) in [6, 6.07) is 12.0. The highest BCUT2D eigenvalue weighted by molar-refractivity contribution is 5.89. The second-order valence-electron chi connectivity index (χ2n) is 5.42. The molecule has 1 aromatic carbocycles. The van der Waals surface area contributed by atoms with Crippen molar-refractivity contribution in [3.63, 3.8) is 0 Å². The lowest BCUT2D eigenvalue weighted by Crippen LogP contribution is -2.21. The minimum absolute atomic E-state index is 0.134. The van der Waals surface area contributed by atoms with Gasteiger partial charge in [-0.1, -0.05) is 18.2 Å². The van der Waals surface area contributed by atoms with Gasteiger partial charge in [0.05, 0.1) is 11.4 Å². The van der Waals surface area contributed by atoms with Gasteiger partial charge in [-0.2, -0.15) is 5.10 Å². The smallest absolute Gasteiger partial charge is 0.317 e. The molecule has 122 valence electrons. The number of carbonyl (C=O) groups excluding carboxylic acids is 1. The van der Waals surface area contributed by atoms with Crippen molar-refractivity contribution in [1.29, 1.82) is 0 Å². The Kier molecular flexibility index (Phi) is 3.91. The molecule has 0 aliphatic carbocycles. The molecule has 3 aromatic rings. The second kappa shape index (κ2) is 6.04. The van der Waals surface area contributed by atoms with Crippen molar-refractivity contribution in [2.75, 3.05) is 5.32 Å². The molecule has 0 unspecified atom stereocenters. The molecule has 0 fully saturated rings. The van der Waals surface area contributed by atoms with Gasteiger partial charge >= 0.3 is 6.03 Å². The number of para-hydroxylation sites is 1. The Balaban J connectivity index is 2.21. The van der Waals surface area contributed by atoms with E-state index < -0.39 is 6.03 Å². The quantitative estimate of drug-likeness (QED) is 0.772. The highest BCUT2D eigenvalue weighted by atomic mass is 16.2. The molecule has 7 nitrogen and oxygen atoms in total. The van der Waals surface area contributed by atoms with Gasteiger partial charge in [-0.25, -0.2) is 9.48 Å². The lowest BCUT2D eigenvalue weighted by Gasteiger charge is -2.07. The number of pyridine rings is 1. The van der Waals surface area contributed by atoms with Crippen LogP contribution in [0.2, 0.25) is 0 Å². The molecule has 2 heterocycles. The molecule has 0 aliphatic rings. The molecule has 0 radical (unpaired) electrons. The number of rotatable bonds is 3. The van der Waals surface area contributed by atoms with Gasteiger partial charge in [-0.3, -0.25) is 10.1 Å². The molecule has 3 N–H and O–H groups in total. The number of hydrogen-bond donors (Lipinski definition) is 2. The topological polar surface area (TPSA) is 94.9 Å². The average Bonchev–Trinajstić information content (AvgIpc) is 2.87.